The molecule has 0 aliphatic rings. The van der Waals surface area contributed by atoms with Crippen molar-refractivity contribution in [3.63, 3.8) is 0 Å². The van der Waals surface area contributed by atoms with E-state index in [4.69, 9.17) is 4.52 Å². The molecule has 1 aromatic heterocycles. The standard InChI is InChI=1S/C22H34N6O2/c1-6-19-18(20(7-2)30-27-19)15-26-22(23-3)25-14-16-9-8-10-17(13-16)21(29)24-11-12-28(4)5/h8-10,13H,6-7,11-12,14-15H2,1-5H3,(H,24,29)(H2,23,25,26). The highest BCUT2D eigenvalue weighted by atomic mass is 16.5. The van der Waals surface area contributed by atoms with Crippen molar-refractivity contribution >= 4 is 11.9 Å². The number of likely N-dealkylation sites (N-methyl/N-ethyl adjacent to an activating group) is 1. The van der Waals surface area contributed by atoms with Crippen molar-refractivity contribution in [2.24, 2.45) is 4.99 Å². The summed E-state index contributed by atoms with van der Waals surface area (Å²) in [4.78, 5) is 18.6. The van der Waals surface area contributed by atoms with Crippen molar-refractivity contribution in [1.29, 1.82) is 0 Å². The first-order valence-corrected chi connectivity index (χ1v) is 10.4. The van der Waals surface area contributed by atoms with Crippen molar-refractivity contribution < 1.29 is 9.32 Å². The van der Waals surface area contributed by atoms with Gasteiger partial charge in [-0.2, -0.15) is 0 Å². The van der Waals surface area contributed by atoms with Gasteiger partial charge in [0.25, 0.3) is 5.91 Å². The lowest BCUT2D eigenvalue weighted by molar-refractivity contribution is 0.0951. The summed E-state index contributed by atoms with van der Waals surface area (Å²) in [6.45, 7) is 6.71. The molecule has 3 N–H and O–H groups in total. The van der Waals surface area contributed by atoms with E-state index in [0.29, 0.717) is 31.2 Å². The molecule has 1 amide bonds. The highest BCUT2D eigenvalue weighted by Crippen LogP contribution is 2.15. The van der Waals surface area contributed by atoms with E-state index in [-0.39, 0.29) is 5.91 Å². The summed E-state index contributed by atoms with van der Waals surface area (Å²) in [7, 11) is 5.70. The summed E-state index contributed by atoms with van der Waals surface area (Å²) in [5, 5.41) is 13.7. The van der Waals surface area contributed by atoms with Crippen molar-refractivity contribution in [2.75, 3.05) is 34.2 Å². The van der Waals surface area contributed by atoms with Crippen LogP contribution in [0.5, 0.6) is 0 Å². The molecule has 0 fully saturated rings. The van der Waals surface area contributed by atoms with Gasteiger partial charge in [0, 0.05) is 50.8 Å². The fourth-order valence-electron chi connectivity index (χ4n) is 3.03. The Labute approximate surface area is 179 Å². The molecular weight excluding hydrogens is 380 g/mol. The molecule has 8 nitrogen and oxygen atoms in total. The topological polar surface area (TPSA) is 94.8 Å². The number of benzene rings is 1. The molecule has 0 radical (unpaired) electrons. The zero-order valence-corrected chi connectivity index (χ0v) is 18.7. The van der Waals surface area contributed by atoms with Crippen LogP contribution in [0.4, 0.5) is 0 Å². The predicted octanol–water partition coefficient (Wildman–Crippen LogP) is 1.96. The maximum atomic E-state index is 12.3. The van der Waals surface area contributed by atoms with Gasteiger partial charge in [0.2, 0.25) is 0 Å². The highest BCUT2D eigenvalue weighted by molar-refractivity contribution is 5.94. The van der Waals surface area contributed by atoms with Gasteiger partial charge in [0.1, 0.15) is 5.76 Å². The van der Waals surface area contributed by atoms with E-state index >= 15 is 0 Å². The van der Waals surface area contributed by atoms with Gasteiger partial charge < -0.3 is 25.4 Å². The van der Waals surface area contributed by atoms with Gasteiger partial charge in [-0.1, -0.05) is 31.1 Å². The predicted molar refractivity (Wildman–Crippen MR) is 120 cm³/mol. The molecule has 0 unspecified atom stereocenters. The van der Waals surface area contributed by atoms with Crippen LogP contribution in [0.15, 0.2) is 33.8 Å². The van der Waals surface area contributed by atoms with Gasteiger partial charge in [-0.05, 0) is 38.2 Å². The largest absolute Gasteiger partial charge is 0.361 e. The molecule has 0 spiro atoms. The lowest BCUT2D eigenvalue weighted by Crippen LogP contribution is -2.36. The van der Waals surface area contributed by atoms with Crippen LogP contribution in [0, 0.1) is 0 Å². The number of aromatic nitrogens is 1. The fraction of sp³-hybridized carbons (Fsp3) is 0.500. The number of amides is 1. The Morgan fingerprint density at radius 3 is 2.57 bits per heavy atom. The number of rotatable bonds is 10. The lowest BCUT2D eigenvalue weighted by atomic mass is 10.1. The average molecular weight is 415 g/mol. The van der Waals surface area contributed by atoms with E-state index in [2.05, 4.69) is 39.9 Å². The van der Waals surface area contributed by atoms with Crippen molar-refractivity contribution in [2.45, 2.75) is 39.8 Å². The van der Waals surface area contributed by atoms with Gasteiger partial charge in [-0.25, -0.2) is 0 Å². The molecule has 1 aromatic carbocycles. The van der Waals surface area contributed by atoms with Crippen LogP contribution in [0.3, 0.4) is 0 Å². The van der Waals surface area contributed by atoms with Crippen LogP contribution in [-0.2, 0) is 25.9 Å². The van der Waals surface area contributed by atoms with Crippen LogP contribution >= 0.6 is 0 Å². The van der Waals surface area contributed by atoms with Gasteiger partial charge in [-0.15, -0.1) is 0 Å². The minimum absolute atomic E-state index is 0.0622. The monoisotopic (exact) mass is 414 g/mol. The van der Waals surface area contributed by atoms with Crippen LogP contribution in [-0.4, -0.2) is 56.2 Å². The Balaban J connectivity index is 1.91. The normalized spacial score (nSPS) is 11.6. The second-order valence-corrected chi connectivity index (χ2v) is 7.28. The molecule has 0 aliphatic heterocycles. The zero-order valence-electron chi connectivity index (χ0n) is 18.7. The molecule has 2 aromatic rings. The minimum Gasteiger partial charge on any atom is -0.361 e. The highest BCUT2D eigenvalue weighted by Gasteiger charge is 2.13. The van der Waals surface area contributed by atoms with E-state index in [1.165, 1.54) is 0 Å². The summed E-state index contributed by atoms with van der Waals surface area (Å²) in [6.07, 6.45) is 1.63. The zero-order chi connectivity index (χ0) is 21.9. The number of carbonyl (C=O) groups excluding carboxylic acids is 1. The first kappa shape index (κ1) is 23.4. The Kier molecular flexibility index (Phi) is 9.34. The van der Waals surface area contributed by atoms with Crippen molar-refractivity contribution in [3.8, 4) is 0 Å². The molecule has 0 atom stereocenters. The summed E-state index contributed by atoms with van der Waals surface area (Å²) in [5.41, 5.74) is 3.73. The third-order valence-electron chi connectivity index (χ3n) is 4.76. The molecule has 8 heteroatoms. The molecule has 0 bridgehead atoms. The van der Waals surface area contributed by atoms with Gasteiger partial charge in [0.05, 0.1) is 5.69 Å². The Morgan fingerprint density at radius 2 is 1.90 bits per heavy atom. The van der Waals surface area contributed by atoms with Crippen LogP contribution < -0.4 is 16.0 Å². The Morgan fingerprint density at radius 1 is 1.13 bits per heavy atom. The number of guanidine groups is 1. The van der Waals surface area contributed by atoms with Crippen LogP contribution in [0.2, 0.25) is 0 Å². The van der Waals surface area contributed by atoms with E-state index in [1.54, 1.807) is 7.05 Å². The Hall–Kier alpha value is -2.87. The maximum Gasteiger partial charge on any atom is 0.251 e. The number of hydrogen-bond acceptors (Lipinski definition) is 5. The number of aryl methyl sites for hydroxylation is 2. The quantitative estimate of drug-likeness (QED) is 0.406. The first-order chi connectivity index (χ1) is 14.5. The van der Waals surface area contributed by atoms with E-state index in [1.807, 2.05) is 43.3 Å². The van der Waals surface area contributed by atoms with Gasteiger partial charge in [0.15, 0.2) is 5.96 Å². The molecule has 164 valence electrons. The van der Waals surface area contributed by atoms with Gasteiger partial charge in [-0.3, -0.25) is 9.79 Å². The number of carbonyl (C=O) groups is 1. The smallest absolute Gasteiger partial charge is 0.251 e. The molecule has 2 rings (SSSR count). The average Bonchev–Trinajstić information content (AvgIpc) is 3.15. The van der Waals surface area contributed by atoms with Gasteiger partial charge >= 0.3 is 0 Å². The third-order valence-corrected chi connectivity index (χ3v) is 4.76. The van der Waals surface area contributed by atoms with Crippen LogP contribution in [0.25, 0.3) is 0 Å². The van der Waals surface area contributed by atoms with E-state index in [0.717, 1.165) is 42.0 Å². The number of nitrogens with zero attached hydrogens (tertiary/aromatic N) is 3. The molecule has 0 saturated heterocycles. The number of aliphatic imine (C=N–C) groups is 1. The second kappa shape index (κ2) is 12.0. The van der Waals surface area contributed by atoms with E-state index in [9.17, 15) is 4.79 Å². The SMILES string of the molecule is CCc1noc(CC)c1CNC(=NC)NCc1cccc(C(=O)NCCN(C)C)c1. The molecule has 1 heterocycles. The van der Waals surface area contributed by atoms with Crippen molar-refractivity contribution in [3.05, 3.63) is 52.4 Å². The lowest BCUT2D eigenvalue weighted by Gasteiger charge is -2.13. The fourth-order valence-corrected chi connectivity index (χ4v) is 3.03. The molecule has 0 saturated carbocycles. The molecule has 0 aliphatic carbocycles. The summed E-state index contributed by atoms with van der Waals surface area (Å²) < 4.78 is 5.42. The maximum absolute atomic E-state index is 12.3. The minimum atomic E-state index is -0.0622. The second-order valence-electron chi connectivity index (χ2n) is 7.28. The summed E-state index contributed by atoms with van der Waals surface area (Å²) in [6, 6.07) is 7.61. The molecular formula is C22H34N6O2. The summed E-state index contributed by atoms with van der Waals surface area (Å²) >= 11 is 0. The van der Waals surface area contributed by atoms with Crippen LogP contribution in [0.1, 0.15) is 46.8 Å². The van der Waals surface area contributed by atoms with Crippen molar-refractivity contribution in [1.82, 2.24) is 26.0 Å². The van der Waals surface area contributed by atoms with E-state index < -0.39 is 0 Å². The Bertz CT molecular complexity index is 822. The number of nitrogens with one attached hydrogen (secondary N) is 3. The summed E-state index contributed by atoms with van der Waals surface area (Å²) in [5.74, 6) is 1.52. The first-order valence-electron chi connectivity index (χ1n) is 10.4. The third kappa shape index (κ3) is 6.88. The molecule has 30 heavy (non-hydrogen) atoms. The number of hydrogen-bond donors (Lipinski definition) is 3.